The zero-order valence-electron chi connectivity index (χ0n) is 13.5. The number of alkyl halides is 4. The van der Waals surface area contributed by atoms with Crippen LogP contribution in [-0.4, -0.2) is 34.2 Å². The number of hydrogen-bond donors (Lipinski definition) is 2. The van der Waals surface area contributed by atoms with Crippen molar-refractivity contribution in [2.75, 3.05) is 5.32 Å². The molecule has 0 bridgehead atoms. The summed E-state index contributed by atoms with van der Waals surface area (Å²) >= 11 is 0. The molecule has 0 unspecified atom stereocenters. The standard InChI is InChI=1S/C16H19F4N3O2/c17-15(18)4-9(5-15)12-11(8-2-1-3-8)13(23-22-12)21-14(24)25-10-6-16(19,20)7-10/h8-10H,1-7H2,(H2,21,22,23,24). The van der Waals surface area contributed by atoms with E-state index >= 15 is 0 Å². The van der Waals surface area contributed by atoms with Gasteiger partial charge in [0.1, 0.15) is 6.10 Å². The van der Waals surface area contributed by atoms with Crippen LogP contribution in [0.25, 0.3) is 0 Å². The molecule has 2 N–H and O–H groups in total. The van der Waals surface area contributed by atoms with E-state index in [0.717, 1.165) is 24.8 Å². The Morgan fingerprint density at radius 3 is 2.24 bits per heavy atom. The number of hydrogen-bond acceptors (Lipinski definition) is 3. The van der Waals surface area contributed by atoms with Crippen molar-refractivity contribution in [2.45, 2.75) is 74.7 Å². The van der Waals surface area contributed by atoms with Gasteiger partial charge in [-0.25, -0.2) is 22.4 Å². The molecular formula is C16H19F4N3O2. The van der Waals surface area contributed by atoms with E-state index < -0.39 is 36.9 Å². The molecule has 0 spiro atoms. The molecule has 3 aliphatic rings. The molecule has 0 saturated heterocycles. The number of H-pyrrole nitrogens is 1. The first kappa shape index (κ1) is 16.7. The molecular weight excluding hydrogens is 342 g/mol. The number of aromatic amines is 1. The van der Waals surface area contributed by atoms with Crippen molar-refractivity contribution in [2.24, 2.45) is 0 Å². The number of anilines is 1. The highest BCUT2D eigenvalue weighted by Gasteiger charge is 2.49. The molecule has 0 atom stereocenters. The van der Waals surface area contributed by atoms with Crippen LogP contribution in [-0.2, 0) is 4.74 Å². The summed E-state index contributed by atoms with van der Waals surface area (Å²) < 4.78 is 56.9. The molecule has 4 rings (SSSR count). The average molecular weight is 361 g/mol. The minimum atomic E-state index is -2.77. The number of halogens is 4. The average Bonchev–Trinajstić information content (AvgIpc) is 2.75. The molecule has 1 aromatic rings. The van der Waals surface area contributed by atoms with Crippen molar-refractivity contribution in [3.63, 3.8) is 0 Å². The van der Waals surface area contributed by atoms with Crippen molar-refractivity contribution < 1.29 is 27.1 Å². The van der Waals surface area contributed by atoms with Crippen molar-refractivity contribution >= 4 is 11.9 Å². The molecule has 0 radical (unpaired) electrons. The van der Waals surface area contributed by atoms with Gasteiger partial charge in [0.15, 0.2) is 5.82 Å². The lowest BCUT2D eigenvalue weighted by Crippen LogP contribution is -2.43. The van der Waals surface area contributed by atoms with Crippen LogP contribution in [0.5, 0.6) is 0 Å². The van der Waals surface area contributed by atoms with Crippen molar-refractivity contribution in [3.8, 4) is 0 Å². The van der Waals surface area contributed by atoms with Gasteiger partial charge in [0, 0.05) is 42.9 Å². The van der Waals surface area contributed by atoms with Gasteiger partial charge < -0.3 is 4.74 Å². The maximum absolute atomic E-state index is 13.2. The van der Waals surface area contributed by atoms with Gasteiger partial charge in [-0.3, -0.25) is 10.4 Å². The number of carbonyl (C=O) groups is 1. The first-order valence-electron chi connectivity index (χ1n) is 8.54. The summed E-state index contributed by atoms with van der Waals surface area (Å²) in [5.74, 6) is -5.27. The summed E-state index contributed by atoms with van der Waals surface area (Å²) in [7, 11) is 0. The van der Waals surface area contributed by atoms with Crippen LogP contribution in [0.15, 0.2) is 0 Å². The Kier molecular flexibility index (Phi) is 3.73. The number of carbonyl (C=O) groups excluding carboxylic acids is 1. The second-order valence-electron chi connectivity index (χ2n) is 7.41. The molecule has 3 fully saturated rings. The van der Waals surface area contributed by atoms with Gasteiger partial charge >= 0.3 is 6.09 Å². The highest BCUT2D eigenvalue weighted by Crippen LogP contribution is 2.52. The molecule has 1 amide bonds. The lowest BCUT2D eigenvalue weighted by atomic mass is 9.73. The predicted molar refractivity (Wildman–Crippen MR) is 80.2 cm³/mol. The summed E-state index contributed by atoms with van der Waals surface area (Å²) in [6.07, 6.45) is -0.174. The van der Waals surface area contributed by atoms with Gasteiger partial charge in [0.25, 0.3) is 5.92 Å². The number of rotatable bonds is 4. The first-order chi connectivity index (χ1) is 11.7. The van der Waals surface area contributed by atoms with Gasteiger partial charge in [-0.1, -0.05) is 6.42 Å². The Morgan fingerprint density at radius 2 is 1.72 bits per heavy atom. The molecule has 1 aromatic heterocycles. The first-order valence-corrected chi connectivity index (χ1v) is 8.54. The Bertz CT molecular complexity index is 671. The summed E-state index contributed by atoms with van der Waals surface area (Å²) in [5, 5.41) is 9.34. The van der Waals surface area contributed by atoms with Gasteiger partial charge in [-0.2, -0.15) is 5.10 Å². The Hall–Kier alpha value is -1.80. The Morgan fingerprint density at radius 1 is 1.08 bits per heavy atom. The quantitative estimate of drug-likeness (QED) is 0.774. The van der Waals surface area contributed by atoms with Crippen LogP contribution < -0.4 is 5.32 Å². The normalized spacial score (nSPS) is 25.6. The number of nitrogens with zero attached hydrogens (tertiary/aromatic N) is 1. The Labute approximate surface area is 141 Å². The summed E-state index contributed by atoms with van der Waals surface area (Å²) in [6.45, 7) is 0. The fourth-order valence-electron chi connectivity index (χ4n) is 3.71. The minimum absolute atomic E-state index is 0.173. The van der Waals surface area contributed by atoms with E-state index in [4.69, 9.17) is 4.74 Å². The molecule has 0 aromatic carbocycles. The molecule has 9 heteroatoms. The third-order valence-corrected chi connectivity index (χ3v) is 5.39. The number of ether oxygens (including phenoxy) is 1. The van der Waals surface area contributed by atoms with E-state index in [2.05, 4.69) is 15.5 Å². The van der Waals surface area contributed by atoms with Crippen LogP contribution >= 0.6 is 0 Å². The largest absolute Gasteiger partial charge is 0.445 e. The van der Waals surface area contributed by atoms with E-state index in [0.29, 0.717) is 5.69 Å². The van der Waals surface area contributed by atoms with E-state index in [-0.39, 0.29) is 30.5 Å². The lowest BCUT2D eigenvalue weighted by molar-refractivity contribution is -0.142. The molecule has 1 heterocycles. The van der Waals surface area contributed by atoms with E-state index in [1.807, 2.05) is 0 Å². The molecule has 25 heavy (non-hydrogen) atoms. The second-order valence-corrected chi connectivity index (χ2v) is 7.41. The van der Waals surface area contributed by atoms with E-state index in [1.54, 1.807) is 0 Å². The second kappa shape index (κ2) is 5.60. The van der Waals surface area contributed by atoms with Crippen LogP contribution in [0, 0.1) is 0 Å². The van der Waals surface area contributed by atoms with Crippen molar-refractivity contribution in [1.82, 2.24) is 10.2 Å². The van der Waals surface area contributed by atoms with Crippen molar-refractivity contribution in [1.29, 1.82) is 0 Å². The number of nitrogens with one attached hydrogen (secondary N) is 2. The van der Waals surface area contributed by atoms with Gasteiger partial charge in [0.2, 0.25) is 5.92 Å². The maximum Gasteiger partial charge on any atom is 0.413 e. The van der Waals surface area contributed by atoms with Crippen LogP contribution in [0.1, 0.15) is 68.0 Å². The molecule has 138 valence electrons. The molecule has 0 aliphatic heterocycles. The van der Waals surface area contributed by atoms with Crippen LogP contribution in [0.3, 0.4) is 0 Å². The highest BCUT2D eigenvalue weighted by molar-refractivity contribution is 5.85. The molecule has 5 nitrogen and oxygen atoms in total. The topological polar surface area (TPSA) is 67.0 Å². The van der Waals surface area contributed by atoms with Crippen LogP contribution in [0.2, 0.25) is 0 Å². The lowest BCUT2D eigenvalue weighted by Gasteiger charge is -2.36. The monoisotopic (exact) mass is 361 g/mol. The van der Waals surface area contributed by atoms with E-state index in [1.165, 1.54) is 0 Å². The highest BCUT2D eigenvalue weighted by atomic mass is 19.3. The predicted octanol–water partition coefficient (Wildman–Crippen LogP) is 4.54. The fourth-order valence-corrected chi connectivity index (χ4v) is 3.71. The van der Waals surface area contributed by atoms with Gasteiger partial charge in [-0.15, -0.1) is 0 Å². The summed E-state index contributed by atoms with van der Waals surface area (Å²) in [5.41, 5.74) is 1.42. The third kappa shape index (κ3) is 3.20. The van der Waals surface area contributed by atoms with E-state index in [9.17, 15) is 22.4 Å². The molecule has 3 saturated carbocycles. The third-order valence-electron chi connectivity index (χ3n) is 5.39. The Balaban J connectivity index is 1.44. The fraction of sp³-hybridized carbons (Fsp3) is 0.750. The number of amides is 1. The zero-order valence-corrected chi connectivity index (χ0v) is 13.5. The summed E-state index contributed by atoms with van der Waals surface area (Å²) in [6, 6.07) is 0. The van der Waals surface area contributed by atoms with Gasteiger partial charge in [-0.05, 0) is 18.8 Å². The maximum atomic E-state index is 13.2. The SMILES string of the molecule is O=C(Nc1n[nH]c(C2CC(F)(F)C2)c1C1CCC1)OC1CC(F)(F)C1. The molecule has 3 aliphatic carbocycles. The zero-order chi connectivity index (χ0) is 17.8. The van der Waals surface area contributed by atoms with Crippen molar-refractivity contribution in [3.05, 3.63) is 11.3 Å². The van der Waals surface area contributed by atoms with Gasteiger partial charge in [0.05, 0.1) is 0 Å². The summed E-state index contributed by atoms with van der Waals surface area (Å²) in [4.78, 5) is 11.9. The minimum Gasteiger partial charge on any atom is -0.445 e. The smallest absolute Gasteiger partial charge is 0.413 e. The number of aromatic nitrogens is 2. The van der Waals surface area contributed by atoms with Crippen LogP contribution in [0.4, 0.5) is 28.2 Å².